The lowest BCUT2D eigenvalue weighted by molar-refractivity contribution is -0.118. The first-order valence-electron chi connectivity index (χ1n) is 6.06. The molecular formula is C14H24O. The maximum atomic E-state index is 11.6. The first-order chi connectivity index (χ1) is 6.88. The van der Waals surface area contributed by atoms with Crippen molar-refractivity contribution in [3.63, 3.8) is 0 Å². The minimum atomic E-state index is 0.112. The summed E-state index contributed by atoms with van der Waals surface area (Å²) in [5.41, 5.74) is 1.32. The lowest BCUT2D eigenvalue weighted by atomic mass is 9.69. The average Bonchev–Trinajstić information content (AvgIpc) is 2.38. The molecule has 0 aromatic rings. The normalized spacial score (nSPS) is 31.3. The largest absolute Gasteiger partial charge is 0.300 e. The summed E-state index contributed by atoms with van der Waals surface area (Å²) in [6, 6.07) is 0. The van der Waals surface area contributed by atoms with Gasteiger partial charge in [0.15, 0.2) is 0 Å². The zero-order valence-corrected chi connectivity index (χ0v) is 10.6. The van der Waals surface area contributed by atoms with Crippen molar-refractivity contribution in [2.75, 3.05) is 0 Å². The Labute approximate surface area is 93.9 Å². The number of hydrogen-bond donors (Lipinski definition) is 0. The van der Waals surface area contributed by atoms with Crippen molar-refractivity contribution in [1.82, 2.24) is 0 Å². The van der Waals surface area contributed by atoms with Crippen LogP contribution in [-0.4, -0.2) is 5.78 Å². The van der Waals surface area contributed by atoms with E-state index in [1.807, 2.05) is 0 Å². The van der Waals surface area contributed by atoms with E-state index in [1.54, 1.807) is 0 Å². The Hall–Kier alpha value is -0.590. The topological polar surface area (TPSA) is 17.1 Å². The molecule has 1 aliphatic rings. The van der Waals surface area contributed by atoms with Crippen LogP contribution in [0, 0.1) is 17.3 Å². The van der Waals surface area contributed by atoms with Gasteiger partial charge in [-0.05, 0) is 25.2 Å². The van der Waals surface area contributed by atoms with E-state index >= 15 is 0 Å². The summed E-state index contributed by atoms with van der Waals surface area (Å²) in [5.74, 6) is 1.62. The van der Waals surface area contributed by atoms with E-state index in [-0.39, 0.29) is 5.41 Å². The van der Waals surface area contributed by atoms with Gasteiger partial charge in [-0.2, -0.15) is 0 Å². The lowest BCUT2D eigenvalue weighted by Gasteiger charge is -2.34. The standard InChI is InChI=1S/C14H24O/c1-10(2)6-7-14(11(3)4)9-13(15)8-12(14)5/h10,12H,3,6-9H2,1-2,4-5H3/t12-,14-/m1/s1. The van der Waals surface area contributed by atoms with E-state index in [1.165, 1.54) is 12.0 Å². The highest BCUT2D eigenvalue weighted by Crippen LogP contribution is 2.50. The lowest BCUT2D eigenvalue weighted by Crippen LogP contribution is -2.25. The molecule has 0 amide bonds. The zero-order valence-electron chi connectivity index (χ0n) is 10.6. The fourth-order valence-electron chi connectivity index (χ4n) is 2.80. The second-order valence-electron chi connectivity index (χ2n) is 5.69. The highest BCUT2D eigenvalue weighted by atomic mass is 16.1. The van der Waals surface area contributed by atoms with Gasteiger partial charge in [-0.15, -0.1) is 0 Å². The van der Waals surface area contributed by atoms with Gasteiger partial charge in [0, 0.05) is 18.3 Å². The third-order valence-corrected chi connectivity index (χ3v) is 4.01. The van der Waals surface area contributed by atoms with E-state index in [0.717, 1.165) is 19.3 Å². The SMILES string of the molecule is C=C(C)[C@@]1(CCC(C)C)CC(=O)C[C@H]1C. The van der Waals surface area contributed by atoms with E-state index < -0.39 is 0 Å². The van der Waals surface area contributed by atoms with Crippen molar-refractivity contribution in [3.05, 3.63) is 12.2 Å². The molecule has 0 radical (unpaired) electrons. The van der Waals surface area contributed by atoms with Crippen molar-refractivity contribution in [3.8, 4) is 0 Å². The Morgan fingerprint density at radius 3 is 2.53 bits per heavy atom. The van der Waals surface area contributed by atoms with Crippen LogP contribution in [0.2, 0.25) is 0 Å². The highest BCUT2D eigenvalue weighted by Gasteiger charge is 2.44. The third-order valence-electron chi connectivity index (χ3n) is 4.01. The Bertz CT molecular complexity index is 265. The van der Waals surface area contributed by atoms with Crippen LogP contribution in [0.5, 0.6) is 0 Å². The molecule has 0 bridgehead atoms. The fourth-order valence-corrected chi connectivity index (χ4v) is 2.80. The number of hydrogen-bond acceptors (Lipinski definition) is 1. The van der Waals surface area contributed by atoms with E-state index in [0.29, 0.717) is 17.6 Å². The molecule has 2 atom stereocenters. The Kier molecular flexibility index (Phi) is 3.75. The van der Waals surface area contributed by atoms with Crippen molar-refractivity contribution < 1.29 is 4.79 Å². The number of Topliss-reactive ketones (excluding diaryl/α,β-unsaturated/α-hetero) is 1. The summed E-state index contributed by atoms with van der Waals surface area (Å²) in [5, 5.41) is 0. The number of rotatable bonds is 4. The van der Waals surface area contributed by atoms with Crippen molar-refractivity contribution in [2.45, 2.75) is 53.4 Å². The van der Waals surface area contributed by atoms with Crippen LogP contribution in [0.3, 0.4) is 0 Å². The van der Waals surface area contributed by atoms with Gasteiger partial charge in [0.1, 0.15) is 5.78 Å². The molecule has 1 saturated carbocycles. The Morgan fingerprint density at radius 1 is 1.60 bits per heavy atom. The van der Waals surface area contributed by atoms with Crippen molar-refractivity contribution in [1.29, 1.82) is 0 Å². The molecule has 0 unspecified atom stereocenters. The van der Waals surface area contributed by atoms with Crippen LogP contribution >= 0.6 is 0 Å². The molecule has 0 heterocycles. The summed E-state index contributed by atoms with van der Waals surface area (Å²) < 4.78 is 0. The molecule has 0 aliphatic heterocycles. The molecule has 86 valence electrons. The first kappa shape index (κ1) is 12.5. The van der Waals surface area contributed by atoms with Crippen LogP contribution < -0.4 is 0 Å². The Morgan fingerprint density at radius 2 is 2.20 bits per heavy atom. The molecule has 0 N–H and O–H groups in total. The predicted octanol–water partition coefficient (Wildman–Crippen LogP) is 3.98. The van der Waals surface area contributed by atoms with Gasteiger partial charge in [-0.25, -0.2) is 0 Å². The van der Waals surface area contributed by atoms with E-state index in [4.69, 9.17) is 0 Å². The van der Waals surface area contributed by atoms with Crippen LogP contribution in [0.25, 0.3) is 0 Å². The van der Waals surface area contributed by atoms with Gasteiger partial charge in [-0.3, -0.25) is 4.79 Å². The molecule has 0 aromatic heterocycles. The van der Waals surface area contributed by atoms with Gasteiger partial charge in [0.05, 0.1) is 0 Å². The van der Waals surface area contributed by atoms with Gasteiger partial charge in [0.25, 0.3) is 0 Å². The van der Waals surface area contributed by atoms with Crippen LogP contribution in [0.15, 0.2) is 12.2 Å². The predicted molar refractivity (Wildman–Crippen MR) is 64.7 cm³/mol. The quantitative estimate of drug-likeness (QED) is 0.639. The monoisotopic (exact) mass is 208 g/mol. The van der Waals surface area contributed by atoms with E-state index in [9.17, 15) is 4.79 Å². The van der Waals surface area contributed by atoms with Crippen LogP contribution in [0.1, 0.15) is 53.4 Å². The first-order valence-corrected chi connectivity index (χ1v) is 6.06. The minimum Gasteiger partial charge on any atom is -0.300 e. The maximum absolute atomic E-state index is 11.6. The number of ketones is 1. The average molecular weight is 208 g/mol. The van der Waals surface area contributed by atoms with Gasteiger partial charge in [0.2, 0.25) is 0 Å². The van der Waals surface area contributed by atoms with Gasteiger partial charge < -0.3 is 0 Å². The van der Waals surface area contributed by atoms with E-state index in [2.05, 4.69) is 34.3 Å². The van der Waals surface area contributed by atoms with Crippen LogP contribution in [-0.2, 0) is 4.79 Å². The molecular weight excluding hydrogens is 184 g/mol. The second-order valence-corrected chi connectivity index (χ2v) is 5.69. The molecule has 0 spiro atoms. The number of allylic oxidation sites excluding steroid dienone is 1. The highest BCUT2D eigenvalue weighted by molar-refractivity contribution is 5.82. The summed E-state index contributed by atoms with van der Waals surface area (Å²) in [7, 11) is 0. The van der Waals surface area contributed by atoms with Crippen molar-refractivity contribution in [2.24, 2.45) is 17.3 Å². The summed E-state index contributed by atoms with van der Waals surface area (Å²) in [6.45, 7) is 12.9. The fraction of sp³-hybridized carbons (Fsp3) is 0.786. The molecule has 1 heteroatoms. The second kappa shape index (κ2) is 4.51. The zero-order chi connectivity index (χ0) is 11.6. The number of carbonyl (C=O) groups excluding carboxylic acids is 1. The maximum Gasteiger partial charge on any atom is 0.134 e. The summed E-state index contributed by atoms with van der Waals surface area (Å²) >= 11 is 0. The van der Waals surface area contributed by atoms with Gasteiger partial charge in [-0.1, -0.05) is 39.3 Å². The molecule has 0 aromatic carbocycles. The van der Waals surface area contributed by atoms with Crippen molar-refractivity contribution >= 4 is 5.78 Å². The Balaban J connectivity index is 2.79. The minimum absolute atomic E-state index is 0.112. The molecule has 1 nitrogen and oxygen atoms in total. The summed E-state index contributed by atoms with van der Waals surface area (Å²) in [6.07, 6.45) is 3.82. The smallest absolute Gasteiger partial charge is 0.134 e. The number of carbonyl (C=O) groups is 1. The van der Waals surface area contributed by atoms with Gasteiger partial charge >= 0.3 is 0 Å². The molecule has 0 saturated heterocycles. The third kappa shape index (κ3) is 2.50. The summed E-state index contributed by atoms with van der Waals surface area (Å²) in [4.78, 5) is 11.6. The molecule has 1 rings (SSSR count). The van der Waals surface area contributed by atoms with Crippen LogP contribution in [0.4, 0.5) is 0 Å². The molecule has 1 aliphatic carbocycles. The molecule has 1 fully saturated rings. The molecule has 15 heavy (non-hydrogen) atoms.